The van der Waals surface area contributed by atoms with Crippen LogP contribution in [0.4, 0.5) is 0 Å². The highest BCUT2D eigenvalue weighted by molar-refractivity contribution is 7.13. The molecule has 0 atom stereocenters. The van der Waals surface area contributed by atoms with Crippen molar-refractivity contribution in [1.82, 2.24) is 14.6 Å². The number of aromatic nitrogens is 3. The van der Waals surface area contributed by atoms with E-state index < -0.39 is 0 Å². The molecule has 0 radical (unpaired) electrons. The Kier molecular flexibility index (Phi) is 3.68. The van der Waals surface area contributed by atoms with E-state index in [1.54, 1.807) is 23.0 Å². The van der Waals surface area contributed by atoms with Crippen molar-refractivity contribution in [3.05, 3.63) is 41.0 Å². The van der Waals surface area contributed by atoms with Crippen molar-refractivity contribution < 1.29 is 4.74 Å². The highest BCUT2D eigenvalue weighted by Crippen LogP contribution is 2.26. The molecule has 7 heteroatoms. The first-order valence-electron chi connectivity index (χ1n) is 6.46. The maximum atomic E-state index is 7.68. The number of thiophene rings is 1. The molecule has 0 aliphatic carbocycles. The monoisotopic (exact) mass is 301 g/mol. The second-order valence-corrected chi connectivity index (χ2v) is 5.48. The Hall–Kier alpha value is -2.25. The molecule has 0 aliphatic rings. The molecule has 0 bridgehead atoms. The normalized spacial score (nSPS) is 11.1. The summed E-state index contributed by atoms with van der Waals surface area (Å²) >= 11 is 1.63. The zero-order valence-electron chi connectivity index (χ0n) is 11.5. The summed E-state index contributed by atoms with van der Waals surface area (Å²) in [6, 6.07) is 7.77. The fraction of sp³-hybridized carbons (Fsp3) is 0.214. The summed E-state index contributed by atoms with van der Waals surface area (Å²) in [7, 11) is 1.65. The van der Waals surface area contributed by atoms with Crippen LogP contribution >= 0.6 is 11.3 Å². The molecule has 108 valence electrons. The standard InChI is InChI=1S/C14H15N5OS/c1-20-7-6-12-17-14-9(13(15)16)4-5-10(19(14)18-12)11-3-2-8-21-11/h2-5,8H,6-7H2,1H3,(H3,15,16). The predicted molar refractivity (Wildman–Crippen MR) is 82.9 cm³/mol. The van der Waals surface area contributed by atoms with Gasteiger partial charge in [-0.1, -0.05) is 6.07 Å². The molecule has 0 saturated heterocycles. The van der Waals surface area contributed by atoms with Crippen molar-refractivity contribution >= 4 is 22.8 Å². The zero-order chi connectivity index (χ0) is 14.8. The van der Waals surface area contributed by atoms with E-state index >= 15 is 0 Å². The molecule has 0 amide bonds. The molecular formula is C14H15N5OS. The predicted octanol–water partition coefficient (Wildman–Crippen LogP) is 1.93. The van der Waals surface area contributed by atoms with E-state index in [9.17, 15) is 0 Å². The van der Waals surface area contributed by atoms with E-state index in [4.69, 9.17) is 15.9 Å². The quantitative estimate of drug-likeness (QED) is 0.556. The van der Waals surface area contributed by atoms with Crippen LogP contribution in [0.15, 0.2) is 29.6 Å². The minimum Gasteiger partial charge on any atom is -0.384 e. The van der Waals surface area contributed by atoms with Crippen LogP contribution in [0.1, 0.15) is 11.4 Å². The molecule has 3 heterocycles. The molecule has 0 aromatic carbocycles. The number of nitrogens with zero attached hydrogens (tertiary/aromatic N) is 3. The lowest BCUT2D eigenvalue weighted by Crippen LogP contribution is -2.13. The molecule has 0 spiro atoms. The molecule has 3 aromatic rings. The van der Waals surface area contributed by atoms with Gasteiger partial charge in [0.05, 0.1) is 22.7 Å². The maximum absolute atomic E-state index is 7.68. The number of hydrogen-bond donors (Lipinski definition) is 2. The molecule has 0 fully saturated rings. The number of amidine groups is 1. The summed E-state index contributed by atoms with van der Waals surface area (Å²) in [6.45, 7) is 0.556. The van der Waals surface area contributed by atoms with Crippen LogP contribution in [0.5, 0.6) is 0 Å². The third kappa shape index (κ3) is 2.53. The van der Waals surface area contributed by atoms with Crippen molar-refractivity contribution in [2.75, 3.05) is 13.7 Å². The number of nitrogens with one attached hydrogen (secondary N) is 1. The summed E-state index contributed by atoms with van der Waals surface area (Å²) in [5.41, 5.74) is 7.78. The minimum atomic E-state index is -0.0107. The Bertz CT molecular complexity index is 778. The van der Waals surface area contributed by atoms with Crippen LogP contribution in [0.3, 0.4) is 0 Å². The Morgan fingerprint density at radius 2 is 2.29 bits per heavy atom. The highest BCUT2D eigenvalue weighted by Gasteiger charge is 2.14. The van der Waals surface area contributed by atoms with Crippen LogP contribution < -0.4 is 5.73 Å². The number of hydrogen-bond acceptors (Lipinski definition) is 5. The Balaban J connectivity index is 2.19. The Morgan fingerprint density at radius 1 is 1.43 bits per heavy atom. The third-order valence-corrected chi connectivity index (χ3v) is 4.01. The van der Waals surface area contributed by atoms with E-state index in [2.05, 4.69) is 10.1 Å². The fourth-order valence-corrected chi connectivity index (χ4v) is 2.86. The SMILES string of the molecule is COCCc1nc2c(C(=N)N)ccc(-c3cccs3)n2n1. The summed E-state index contributed by atoms with van der Waals surface area (Å²) in [5.74, 6) is 0.673. The van der Waals surface area contributed by atoms with Crippen molar-refractivity contribution in [3.8, 4) is 10.6 Å². The lowest BCUT2D eigenvalue weighted by Gasteiger charge is -2.05. The topological polar surface area (TPSA) is 89.3 Å². The molecule has 3 aromatic heterocycles. The van der Waals surface area contributed by atoms with E-state index in [1.807, 2.05) is 29.6 Å². The lowest BCUT2D eigenvalue weighted by atomic mass is 10.2. The van der Waals surface area contributed by atoms with Gasteiger partial charge in [-0.15, -0.1) is 11.3 Å². The number of ether oxygens (including phenoxy) is 1. The second kappa shape index (κ2) is 5.63. The number of fused-ring (bicyclic) bond motifs is 1. The summed E-state index contributed by atoms with van der Waals surface area (Å²) in [5, 5.41) is 14.2. The Morgan fingerprint density at radius 3 is 2.95 bits per heavy atom. The van der Waals surface area contributed by atoms with Crippen LogP contribution in [0.25, 0.3) is 16.2 Å². The van der Waals surface area contributed by atoms with Gasteiger partial charge in [0.1, 0.15) is 5.84 Å². The van der Waals surface area contributed by atoms with Crippen molar-refractivity contribution in [3.63, 3.8) is 0 Å². The molecular weight excluding hydrogens is 286 g/mol. The molecule has 3 rings (SSSR count). The Labute approximate surface area is 125 Å². The number of pyridine rings is 1. The first kappa shape index (κ1) is 13.7. The van der Waals surface area contributed by atoms with Crippen molar-refractivity contribution in [2.45, 2.75) is 6.42 Å². The van der Waals surface area contributed by atoms with E-state index in [1.165, 1.54) is 0 Å². The number of nitrogens with two attached hydrogens (primary N) is 1. The molecule has 0 aliphatic heterocycles. The lowest BCUT2D eigenvalue weighted by molar-refractivity contribution is 0.200. The van der Waals surface area contributed by atoms with Gasteiger partial charge in [0.2, 0.25) is 0 Å². The van der Waals surface area contributed by atoms with Gasteiger partial charge < -0.3 is 10.5 Å². The van der Waals surface area contributed by atoms with E-state index in [0.29, 0.717) is 30.1 Å². The first-order valence-corrected chi connectivity index (χ1v) is 7.34. The van der Waals surface area contributed by atoms with Gasteiger partial charge in [-0.05, 0) is 23.6 Å². The summed E-state index contributed by atoms with van der Waals surface area (Å²) in [6.07, 6.45) is 0.624. The highest BCUT2D eigenvalue weighted by atomic mass is 32.1. The maximum Gasteiger partial charge on any atom is 0.167 e. The average Bonchev–Trinajstić information content (AvgIpc) is 3.12. The van der Waals surface area contributed by atoms with Gasteiger partial charge in [-0.3, -0.25) is 5.41 Å². The van der Waals surface area contributed by atoms with E-state index in [-0.39, 0.29) is 5.84 Å². The zero-order valence-corrected chi connectivity index (χ0v) is 12.4. The van der Waals surface area contributed by atoms with Gasteiger partial charge in [-0.25, -0.2) is 9.50 Å². The largest absolute Gasteiger partial charge is 0.384 e. The van der Waals surface area contributed by atoms with Gasteiger partial charge in [0.15, 0.2) is 11.5 Å². The first-order chi connectivity index (χ1) is 10.2. The van der Waals surface area contributed by atoms with Crippen molar-refractivity contribution in [2.24, 2.45) is 5.73 Å². The summed E-state index contributed by atoms with van der Waals surface area (Å²) < 4.78 is 6.83. The van der Waals surface area contributed by atoms with E-state index in [0.717, 1.165) is 10.6 Å². The van der Waals surface area contributed by atoms with Gasteiger partial charge in [0.25, 0.3) is 0 Å². The average molecular weight is 301 g/mol. The van der Waals surface area contributed by atoms with Gasteiger partial charge in [-0.2, -0.15) is 5.10 Å². The van der Waals surface area contributed by atoms with Crippen LogP contribution in [-0.4, -0.2) is 34.2 Å². The summed E-state index contributed by atoms with van der Waals surface area (Å²) in [4.78, 5) is 5.59. The molecule has 21 heavy (non-hydrogen) atoms. The fourth-order valence-electron chi connectivity index (χ4n) is 2.12. The molecule has 0 unspecified atom stereocenters. The second-order valence-electron chi connectivity index (χ2n) is 4.53. The van der Waals surface area contributed by atoms with Crippen LogP contribution in [-0.2, 0) is 11.2 Å². The van der Waals surface area contributed by atoms with Crippen molar-refractivity contribution in [1.29, 1.82) is 5.41 Å². The third-order valence-electron chi connectivity index (χ3n) is 3.12. The molecule has 3 N–H and O–H groups in total. The smallest absolute Gasteiger partial charge is 0.167 e. The molecule has 0 saturated carbocycles. The van der Waals surface area contributed by atoms with Crippen LogP contribution in [0.2, 0.25) is 0 Å². The van der Waals surface area contributed by atoms with Gasteiger partial charge >= 0.3 is 0 Å². The molecule has 6 nitrogen and oxygen atoms in total. The number of nitrogen functional groups attached to an aromatic ring is 1. The number of methoxy groups -OCH3 is 1. The van der Waals surface area contributed by atoms with Gasteiger partial charge in [0, 0.05) is 13.5 Å². The van der Waals surface area contributed by atoms with Crippen LogP contribution in [0, 0.1) is 5.41 Å². The number of rotatable bonds is 5. The minimum absolute atomic E-state index is 0.0107.